The molecule has 2 N–H and O–H groups in total. The van der Waals surface area contributed by atoms with Crippen LogP contribution in [-0.2, 0) is 16.1 Å². The Morgan fingerprint density at radius 3 is 2.75 bits per heavy atom. The third-order valence-electron chi connectivity index (χ3n) is 4.07. The fourth-order valence-corrected chi connectivity index (χ4v) is 2.83. The van der Waals surface area contributed by atoms with Crippen LogP contribution in [0, 0.1) is 17.0 Å². The lowest BCUT2D eigenvalue weighted by atomic mass is 10.2. The number of nitrogens with one attached hydrogen (secondary N) is 2. The summed E-state index contributed by atoms with van der Waals surface area (Å²) in [7, 11) is 0. The largest absolute Gasteiger partial charge is 0.442 e. The van der Waals surface area contributed by atoms with Gasteiger partial charge in [-0.2, -0.15) is 0 Å². The summed E-state index contributed by atoms with van der Waals surface area (Å²) in [5.41, 5.74) is -0.445. The molecule has 1 aliphatic heterocycles. The Hall–Kier alpha value is -3.57. The summed E-state index contributed by atoms with van der Waals surface area (Å²) in [5, 5.41) is 17.1. The van der Waals surface area contributed by atoms with E-state index in [2.05, 4.69) is 15.6 Å². The van der Waals surface area contributed by atoms with Crippen LogP contribution in [-0.4, -0.2) is 59.6 Å². The average molecular weight is 393 g/mol. The van der Waals surface area contributed by atoms with E-state index in [0.717, 1.165) is 28.3 Å². The number of cyclic esters (lactones) is 1. The quantitative estimate of drug-likeness (QED) is 0.281. The molecule has 0 spiro atoms. The Morgan fingerprint density at radius 1 is 1.39 bits per heavy atom. The van der Waals surface area contributed by atoms with Gasteiger partial charge in [-0.25, -0.2) is 18.3 Å². The van der Waals surface area contributed by atoms with Crippen LogP contribution < -0.4 is 15.1 Å². The van der Waals surface area contributed by atoms with Crippen LogP contribution in [0.3, 0.4) is 0 Å². The Bertz CT molecular complexity index is 839. The van der Waals surface area contributed by atoms with Crippen LogP contribution in [0.2, 0.25) is 0 Å². The molecular formula is C16H17F2N7O3. The van der Waals surface area contributed by atoms with Crippen molar-refractivity contribution in [2.75, 3.05) is 29.4 Å². The van der Waals surface area contributed by atoms with Crippen molar-refractivity contribution in [1.29, 1.82) is 5.41 Å². The zero-order valence-electron chi connectivity index (χ0n) is 14.6. The maximum atomic E-state index is 14.6. The zero-order valence-corrected chi connectivity index (χ0v) is 14.6. The maximum absolute atomic E-state index is 14.6. The molecule has 1 saturated heterocycles. The first-order chi connectivity index (χ1) is 13.5. The van der Waals surface area contributed by atoms with E-state index in [4.69, 9.17) is 10.1 Å². The van der Waals surface area contributed by atoms with Crippen LogP contribution in [0.5, 0.6) is 0 Å². The molecule has 10 nitrogen and oxygen atoms in total. The van der Waals surface area contributed by atoms with Gasteiger partial charge in [-0.3, -0.25) is 15.1 Å². The monoisotopic (exact) mass is 393 g/mol. The minimum absolute atomic E-state index is 0.000729. The van der Waals surface area contributed by atoms with Crippen molar-refractivity contribution >= 4 is 30.2 Å². The van der Waals surface area contributed by atoms with E-state index in [9.17, 15) is 18.4 Å². The van der Waals surface area contributed by atoms with Crippen LogP contribution in [0.1, 0.15) is 0 Å². The third kappa shape index (κ3) is 4.05. The summed E-state index contributed by atoms with van der Waals surface area (Å²) in [6.07, 6.45) is 3.02. The first-order valence-corrected chi connectivity index (χ1v) is 8.29. The Kier molecular flexibility index (Phi) is 5.77. The van der Waals surface area contributed by atoms with Crippen molar-refractivity contribution in [2.45, 2.75) is 12.6 Å². The first kappa shape index (κ1) is 19.2. The molecule has 0 aliphatic carbocycles. The van der Waals surface area contributed by atoms with Gasteiger partial charge >= 0.3 is 6.09 Å². The molecule has 0 unspecified atom stereocenters. The standard InChI is InChI=1S/C16H17F2N7O3/c17-13-5-11(6-14(18)15(13)23(9-19)3-1-20-10-26)25-8-12(28-16(25)27)7-24-4-2-21-22-24/h2,4-6,9-10,12,19H,1,3,7-8H2,(H,20,26)/t12-/m0/s1. The minimum atomic E-state index is -0.947. The average Bonchev–Trinajstić information content (AvgIpc) is 3.29. The number of halogens is 2. The van der Waals surface area contributed by atoms with Gasteiger partial charge in [-0.15, -0.1) is 5.10 Å². The second-order valence-corrected chi connectivity index (χ2v) is 5.89. The van der Waals surface area contributed by atoms with E-state index in [1.165, 1.54) is 10.9 Å². The molecule has 12 heteroatoms. The summed E-state index contributed by atoms with van der Waals surface area (Å²) in [6, 6.07) is 2.00. The molecule has 0 saturated carbocycles. The van der Waals surface area contributed by atoms with E-state index in [1.807, 2.05) is 0 Å². The van der Waals surface area contributed by atoms with Crippen molar-refractivity contribution < 1.29 is 23.1 Å². The summed E-state index contributed by atoms with van der Waals surface area (Å²) in [4.78, 5) is 24.6. The van der Waals surface area contributed by atoms with Crippen LogP contribution in [0.4, 0.5) is 25.0 Å². The number of anilines is 2. The number of ether oxygens (including phenoxy) is 1. The predicted molar refractivity (Wildman–Crippen MR) is 94.2 cm³/mol. The molecule has 2 aromatic rings. The van der Waals surface area contributed by atoms with Crippen molar-refractivity contribution in [1.82, 2.24) is 20.3 Å². The molecule has 1 aromatic carbocycles. The van der Waals surface area contributed by atoms with Crippen molar-refractivity contribution in [3.05, 3.63) is 36.2 Å². The third-order valence-corrected chi connectivity index (χ3v) is 4.07. The number of rotatable bonds is 9. The van der Waals surface area contributed by atoms with Gasteiger partial charge in [0.2, 0.25) is 6.41 Å². The SMILES string of the molecule is N=CN(CCNC=O)c1c(F)cc(N2C[C@H](Cn3ccnn3)OC2=O)cc1F. The van der Waals surface area contributed by atoms with Crippen LogP contribution >= 0.6 is 0 Å². The molecule has 28 heavy (non-hydrogen) atoms. The number of carbonyl (C=O) groups excluding carboxylic acids is 2. The first-order valence-electron chi connectivity index (χ1n) is 8.29. The molecule has 1 aliphatic rings. The van der Waals surface area contributed by atoms with E-state index in [-0.39, 0.29) is 31.9 Å². The van der Waals surface area contributed by atoms with Gasteiger partial charge in [0.25, 0.3) is 0 Å². The molecule has 3 rings (SSSR count). The normalized spacial score (nSPS) is 16.0. The van der Waals surface area contributed by atoms with Gasteiger partial charge < -0.3 is 15.0 Å². The van der Waals surface area contributed by atoms with Gasteiger partial charge in [-0.1, -0.05) is 5.21 Å². The van der Waals surface area contributed by atoms with Crippen molar-refractivity contribution in [2.24, 2.45) is 0 Å². The molecule has 2 amide bonds. The lowest BCUT2D eigenvalue weighted by Gasteiger charge is -2.22. The summed E-state index contributed by atoms with van der Waals surface area (Å²) >= 11 is 0. The Labute approximate surface area is 158 Å². The second-order valence-electron chi connectivity index (χ2n) is 5.89. The molecule has 148 valence electrons. The summed E-state index contributed by atoms with van der Waals surface area (Å²) in [6.45, 7) is 0.453. The highest BCUT2D eigenvalue weighted by Crippen LogP contribution is 2.30. The van der Waals surface area contributed by atoms with E-state index >= 15 is 0 Å². The highest BCUT2D eigenvalue weighted by atomic mass is 19.1. The van der Waals surface area contributed by atoms with Gasteiger partial charge in [-0.05, 0) is 0 Å². The number of carbonyl (C=O) groups is 2. The molecule has 1 fully saturated rings. The molecule has 1 atom stereocenters. The summed E-state index contributed by atoms with van der Waals surface area (Å²) in [5.74, 6) is -1.89. The molecule has 0 bridgehead atoms. The molecule has 0 radical (unpaired) electrons. The van der Waals surface area contributed by atoms with Crippen LogP contribution in [0.25, 0.3) is 0 Å². The molecule has 2 heterocycles. The van der Waals surface area contributed by atoms with Gasteiger partial charge in [0, 0.05) is 31.4 Å². The Balaban J connectivity index is 1.77. The van der Waals surface area contributed by atoms with Crippen LogP contribution in [0.15, 0.2) is 24.5 Å². The molecule has 1 aromatic heterocycles. The zero-order chi connectivity index (χ0) is 20.1. The number of nitrogens with zero attached hydrogens (tertiary/aromatic N) is 5. The lowest BCUT2D eigenvalue weighted by molar-refractivity contribution is -0.109. The number of benzene rings is 1. The topological polar surface area (TPSA) is 116 Å². The predicted octanol–water partition coefficient (Wildman–Crippen LogP) is 0.741. The fraction of sp³-hybridized carbons (Fsp3) is 0.312. The smallest absolute Gasteiger partial charge is 0.414 e. The number of amides is 2. The highest BCUT2D eigenvalue weighted by Gasteiger charge is 2.34. The minimum Gasteiger partial charge on any atom is -0.442 e. The van der Waals surface area contributed by atoms with E-state index in [0.29, 0.717) is 6.41 Å². The second kappa shape index (κ2) is 8.41. The number of aromatic nitrogens is 3. The fourth-order valence-electron chi connectivity index (χ4n) is 2.83. The van der Waals surface area contributed by atoms with E-state index in [1.54, 1.807) is 6.20 Å². The van der Waals surface area contributed by atoms with Gasteiger partial charge in [0.05, 0.1) is 31.3 Å². The lowest BCUT2D eigenvalue weighted by Crippen LogP contribution is -2.32. The number of hydrogen-bond donors (Lipinski definition) is 2. The van der Waals surface area contributed by atoms with Gasteiger partial charge in [0.1, 0.15) is 11.8 Å². The number of hydrogen-bond acceptors (Lipinski definition) is 6. The summed E-state index contributed by atoms with van der Waals surface area (Å²) < 4.78 is 35.8. The Morgan fingerprint density at radius 2 is 2.14 bits per heavy atom. The molecular weight excluding hydrogens is 376 g/mol. The van der Waals surface area contributed by atoms with Crippen molar-refractivity contribution in [3.63, 3.8) is 0 Å². The van der Waals surface area contributed by atoms with Crippen molar-refractivity contribution in [3.8, 4) is 0 Å². The van der Waals surface area contributed by atoms with Gasteiger partial charge in [0.15, 0.2) is 11.6 Å². The maximum Gasteiger partial charge on any atom is 0.414 e. The highest BCUT2D eigenvalue weighted by molar-refractivity contribution is 5.90. The van der Waals surface area contributed by atoms with E-state index < -0.39 is 29.5 Å².